The molecule has 21 heavy (non-hydrogen) atoms. The van der Waals surface area contributed by atoms with Crippen molar-refractivity contribution in [3.63, 3.8) is 0 Å². The van der Waals surface area contributed by atoms with E-state index in [1.165, 1.54) is 18.2 Å². The van der Waals surface area contributed by atoms with E-state index in [1.807, 2.05) is 6.07 Å². The zero-order valence-corrected chi connectivity index (χ0v) is 12.1. The van der Waals surface area contributed by atoms with E-state index in [2.05, 4.69) is 4.72 Å². The number of hydrogen-bond donors (Lipinski definition) is 1. The fourth-order valence-corrected chi connectivity index (χ4v) is 3.01. The van der Waals surface area contributed by atoms with Gasteiger partial charge >= 0.3 is 0 Å². The van der Waals surface area contributed by atoms with Crippen LogP contribution in [0.15, 0.2) is 42.5 Å². The molecule has 0 aliphatic carbocycles. The topological polar surface area (TPSA) is 70.0 Å². The number of aryl methyl sites for hydroxylation is 1. The number of anilines is 1. The lowest BCUT2D eigenvalue weighted by Crippen LogP contribution is -2.15. The van der Waals surface area contributed by atoms with Gasteiger partial charge in [-0.3, -0.25) is 4.72 Å². The highest BCUT2D eigenvalue weighted by atomic mass is 32.2. The van der Waals surface area contributed by atoms with Gasteiger partial charge in [0.15, 0.2) is 0 Å². The fraction of sp³-hybridized carbons (Fsp3) is 0.133. The van der Waals surface area contributed by atoms with Crippen molar-refractivity contribution >= 4 is 15.7 Å². The molecule has 6 heteroatoms. The van der Waals surface area contributed by atoms with E-state index in [0.29, 0.717) is 22.4 Å². The summed E-state index contributed by atoms with van der Waals surface area (Å²) in [5, 5.41) is 8.69. The molecule has 0 atom stereocenters. The molecule has 0 unspecified atom stereocenters. The molecule has 2 rings (SSSR count). The quantitative estimate of drug-likeness (QED) is 0.944. The lowest BCUT2D eigenvalue weighted by atomic mass is 10.2. The van der Waals surface area contributed by atoms with Gasteiger partial charge in [0.05, 0.1) is 17.4 Å². The first-order valence-electron chi connectivity index (χ1n) is 6.15. The van der Waals surface area contributed by atoms with Crippen molar-refractivity contribution in [2.75, 3.05) is 4.72 Å². The minimum atomic E-state index is -3.59. The van der Waals surface area contributed by atoms with Crippen molar-refractivity contribution in [2.45, 2.75) is 12.7 Å². The molecular weight excluding hydrogens is 291 g/mol. The van der Waals surface area contributed by atoms with E-state index in [9.17, 15) is 12.8 Å². The Balaban J connectivity index is 2.14. The highest BCUT2D eigenvalue weighted by Crippen LogP contribution is 2.17. The molecule has 0 amide bonds. The molecule has 0 fully saturated rings. The maximum Gasteiger partial charge on any atom is 0.236 e. The summed E-state index contributed by atoms with van der Waals surface area (Å²) in [5.41, 5.74) is 1.73. The van der Waals surface area contributed by atoms with Crippen LogP contribution in [-0.4, -0.2) is 8.42 Å². The molecule has 1 N–H and O–H groups in total. The van der Waals surface area contributed by atoms with E-state index in [0.717, 1.165) is 0 Å². The average molecular weight is 304 g/mol. The Morgan fingerprint density at radius 3 is 2.43 bits per heavy atom. The first kappa shape index (κ1) is 15.0. The maximum absolute atomic E-state index is 13.1. The number of sulfonamides is 1. The molecule has 108 valence electrons. The van der Waals surface area contributed by atoms with Crippen LogP contribution in [0.25, 0.3) is 0 Å². The molecule has 0 bridgehead atoms. The van der Waals surface area contributed by atoms with Crippen LogP contribution in [0.2, 0.25) is 0 Å². The molecule has 2 aromatic carbocycles. The third-order valence-corrected chi connectivity index (χ3v) is 4.13. The first-order valence-corrected chi connectivity index (χ1v) is 7.80. The Bertz CT molecular complexity index is 793. The molecule has 4 nitrogen and oxygen atoms in total. The van der Waals surface area contributed by atoms with Gasteiger partial charge in [0, 0.05) is 5.69 Å². The van der Waals surface area contributed by atoms with Crippen LogP contribution < -0.4 is 4.72 Å². The van der Waals surface area contributed by atoms with Crippen molar-refractivity contribution in [1.29, 1.82) is 5.26 Å². The average Bonchev–Trinajstić information content (AvgIpc) is 2.43. The molecule has 0 aliphatic rings. The number of hydrogen-bond acceptors (Lipinski definition) is 3. The summed E-state index contributed by atoms with van der Waals surface area (Å²) < 4.78 is 39.7. The minimum Gasteiger partial charge on any atom is -0.283 e. The Hall–Kier alpha value is -2.39. The normalized spacial score (nSPS) is 10.9. The highest BCUT2D eigenvalue weighted by molar-refractivity contribution is 7.91. The van der Waals surface area contributed by atoms with Crippen molar-refractivity contribution in [3.8, 4) is 6.07 Å². The number of nitrogens with one attached hydrogen (secondary N) is 1. The van der Waals surface area contributed by atoms with Gasteiger partial charge in [0.1, 0.15) is 5.82 Å². The van der Waals surface area contributed by atoms with Crippen molar-refractivity contribution in [1.82, 2.24) is 0 Å². The van der Waals surface area contributed by atoms with Crippen molar-refractivity contribution < 1.29 is 12.8 Å². The van der Waals surface area contributed by atoms with Crippen molar-refractivity contribution in [2.24, 2.45) is 0 Å². The Morgan fingerprint density at radius 1 is 1.19 bits per heavy atom. The monoisotopic (exact) mass is 304 g/mol. The second-order valence-electron chi connectivity index (χ2n) is 4.63. The second-order valence-corrected chi connectivity index (χ2v) is 6.36. The molecule has 0 aromatic heterocycles. The van der Waals surface area contributed by atoms with Crippen LogP contribution in [-0.2, 0) is 15.8 Å². The summed E-state index contributed by atoms with van der Waals surface area (Å²) in [6.45, 7) is 1.56. The smallest absolute Gasteiger partial charge is 0.236 e. The maximum atomic E-state index is 13.1. The minimum absolute atomic E-state index is 0.213. The molecule has 0 heterocycles. The SMILES string of the molecule is Cc1cc(NS(=O)(=O)Cc2ccc(C#N)cc2)ccc1F. The second kappa shape index (κ2) is 5.94. The van der Waals surface area contributed by atoms with E-state index in [1.54, 1.807) is 31.2 Å². The molecule has 0 aliphatic heterocycles. The lowest BCUT2D eigenvalue weighted by molar-refractivity contribution is 0.600. The summed E-state index contributed by atoms with van der Waals surface area (Å²) in [6, 6.07) is 12.3. The fourth-order valence-electron chi connectivity index (χ4n) is 1.82. The Labute approximate surface area is 122 Å². The molecular formula is C15H13FN2O2S. The van der Waals surface area contributed by atoms with Crippen LogP contribution in [0, 0.1) is 24.1 Å². The Kier molecular flexibility index (Phi) is 4.24. The number of halogens is 1. The summed E-state index contributed by atoms with van der Waals surface area (Å²) in [5.74, 6) is -0.597. The van der Waals surface area contributed by atoms with Crippen LogP contribution >= 0.6 is 0 Å². The summed E-state index contributed by atoms with van der Waals surface area (Å²) in [7, 11) is -3.59. The van der Waals surface area contributed by atoms with Gasteiger partial charge in [0.25, 0.3) is 0 Å². The van der Waals surface area contributed by atoms with Gasteiger partial charge in [-0.25, -0.2) is 12.8 Å². The van der Waals surface area contributed by atoms with Gasteiger partial charge in [-0.05, 0) is 48.4 Å². The largest absolute Gasteiger partial charge is 0.283 e. The van der Waals surface area contributed by atoms with Gasteiger partial charge in [-0.1, -0.05) is 12.1 Å². The zero-order chi connectivity index (χ0) is 15.5. The summed E-state index contributed by atoms with van der Waals surface area (Å²) in [6.07, 6.45) is 0. The van der Waals surface area contributed by atoms with Gasteiger partial charge in [0.2, 0.25) is 10.0 Å². The third-order valence-electron chi connectivity index (χ3n) is 2.87. The van der Waals surface area contributed by atoms with Crippen molar-refractivity contribution in [3.05, 3.63) is 65.0 Å². The van der Waals surface area contributed by atoms with Crippen LogP contribution in [0.5, 0.6) is 0 Å². The van der Waals surface area contributed by atoms with Crippen LogP contribution in [0.1, 0.15) is 16.7 Å². The Morgan fingerprint density at radius 2 is 1.86 bits per heavy atom. The molecule has 0 radical (unpaired) electrons. The van der Waals surface area contributed by atoms with E-state index in [-0.39, 0.29) is 11.6 Å². The third kappa shape index (κ3) is 4.04. The van der Waals surface area contributed by atoms with E-state index >= 15 is 0 Å². The highest BCUT2D eigenvalue weighted by Gasteiger charge is 2.12. The molecule has 0 saturated carbocycles. The summed E-state index contributed by atoms with van der Waals surface area (Å²) >= 11 is 0. The predicted octanol–water partition coefficient (Wildman–Crippen LogP) is 2.95. The van der Waals surface area contributed by atoms with E-state index < -0.39 is 10.0 Å². The number of nitriles is 1. The van der Waals surface area contributed by atoms with E-state index in [4.69, 9.17) is 5.26 Å². The lowest BCUT2D eigenvalue weighted by Gasteiger charge is -2.09. The molecule has 0 spiro atoms. The number of rotatable bonds is 4. The predicted molar refractivity (Wildman–Crippen MR) is 78.5 cm³/mol. The van der Waals surface area contributed by atoms with Gasteiger partial charge in [-0.2, -0.15) is 5.26 Å². The van der Waals surface area contributed by atoms with Gasteiger partial charge in [-0.15, -0.1) is 0 Å². The molecule has 2 aromatic rings. The summed E-state index contributed by atoms with van der Waals surface area (Å²) in [4.78, 5) is 0. The molecule has 0 saturated heterocycles. The van der Waals surface area contributed by atoms with Gasteiger partial charge < -0.3 is 0 Å². The zero-order valence-electron chi connectivity index (χ0n) is 11.3. The first-order chi connectivity index (χ1) is 9.89. The number of nitrogens with zero attached hydrogens (tertiary/aromatic N) is 1. The van der Waals surface area contributed by atoms with Crippen LogP contribution in [0.4, 0.5) is 10.1 Å². The standard InChI is InChI=1S/C15H13FN2O2S/c1-11-8-14(6-7-15(11)16)18-21(19,20)10-13-4-2-12(9-17)3-5-13/h2-8,18H,10H2,1H3. The number of benzene rings is 2. The van der Waals surface area contributed by atoms with Crippen LogP contribution in [0.3, 0.4) is 0 Å².